The second-order valence-corrected chi connectivity index (χ2v) is 5.56. The third-order valence-corrected chi connectivity index (χ3v) is 4.09. The van der Waals surface area contributed by atoms with Crippen molar-refractivity contribution in [3.8, 4) is 0 Å². The van der Waals surface area contributed by atoms with E-state index in [9.17, 15) is 4.39 Å². The van der Waals surface area contributed by atoms with Gasteiger partial charge in [-0.25, -0.2) is 4.39 Å². The standard InChI is InChI=1S/C13H15ClFN3S/c1-3-6-18-9(2)16-17-13(18)19-8-10-4-5-11(15)7-12(10)14/h4-5,7H,3,6,8H2,1-2H3. The first-order valence-corrected chi connectivity index (χ1v) is 7.44. The fourth-order valence-electron chi connectivity index (χ4n) is 1.73. The molecule has 1 aromatic heterocycles. The smallest absolute Gasteiger partial charge is 0.191 e. The van der Waals surface area contributed by atoms with Gasteiger partial charge in [0, 0.05) is 17.3 Å². The van der Waals surface area contributed by atoms with E-state index in [2.05, 4.69) is 21.7 Å². The van der Waals surface area contributed by atoms with Crippen LogP contribution in [-0.4, -0.2) is 14.8 Å². The zero-order valence-electron chi connectivity index (χ0n) is 10.9. The molecule has 0 saturated carbocycles. The van der Waals surface area contributed by atoms with Gasteiger partial charge in [0.15, 0.2) is 5.16 Å². The highest BCUT2D eigenvalue weighted by molar-refractivity contribution is 7.98. The number of thioether (sulfide) groups is 1. The van der Waals surface area contributed by atoms with E-state index in [0.29, 0.717) is 10.8 Å². The second-order valence-electron chi connectivity index (χ2n) is 4.21. The number of benzene rings is 1. The molecule has 0 saturated heterocycles. The summed E-state index contributed by atoms with van der Waals surface area (Å²) in [4.78, 5) is 0. The third kappa shape index (κ3) is 3.48. The summed E-state index contributed by atoms with van der Waals surface area (Å²) in [7, 11) is 0. The number of nitrogens with zero attached hydrogens (tertiary/aromatic N) is 3. The monoisotopic (exact) mass is 299 g/mol. The van der Waals surface area contributed by atoms with Gasteiger partial charge in [-0.1, -0.05) is 36.4 Å². The Bertz CT molecular complexity index is 571. The first-order chi connectivity index (χ1) is 9.11. The maximum absolute atomic E-state index is 13.0. The summed E-state index contributed by atoms with van der Waals surface area (Å²) < 4.78 is 15.0. The number of aromatic nitrogens is 3. The molecule has 0 fully saturated rings. The minimum atomic E-state index is -0.316. The Morgan fingerprint density at radius 1 is 1.37 bits per heavy atom. The fourth-order valence-corrected chi connectivity index (χ4v) is 3.06. The van der Waals surface area contributed by atoms with Gasteiger partial charge in [-0.05, 0) is 31.0 Å². The molecule has 0 aliphatic heterocycles. The Morgan fingerprint density at radius 2 is 2.16 bits per heavy atom. The molecule has 2 rings (SSSR count). The van der Waals surface area contributed by atoms with Crippen LogP contribution >= 0.6 is 23.4 Å². The second kappa shape index (κ2) is 6.39. The molecule has 0 radical (unpaired) electrons. The highest BCUT2D eigenvalue weighted by atomic mass is 35.5. The lowest BCUT2D eigenvalue weighted by Crippen LogP contribution is -2.01. The van der Waals surface area contributed by atoms with Crippen molar-refractivity contribution in [2.45, 2.75) is 37.7 Å². The molecular weight excluding hydrogens is 285 g/mol. The number of rotatable bonds is 5. The molecule has 1 aromatic carbocycles. The van der Waals surface area contributed by atoms with Crippen LogP contribution in [0.2, 0.25) is 5.02 Å². The summed E-state index contributed by atoms with van der Waals surface area (Å²) in [5, 5.41) is 9.56. The Kier molecular flexibility index (Phi) is 4.82. The van der Waals surface area contributed by atoms with Crippen LogP contribution in [0.1, 0.15) is 24.7 Å². The Balaban J connectivity index is 2.10. The van der Waals surface area contributed by atoms with Crippen molar-refractivity contribution < 1.29 is 4.39 Å². The van der Waals surface area contributed by atoms with E-state index < -0.39 is 0 Å². The lowest BCUT2D eigenvalue weighted by molar-refractivity contribution is 0.605. The van der Waals surface area contributed by atoms with E-state index in [4.69, 9.17) is 11.6 Å². The van der Waals surface area contributed by atoms with Crippen LogP contribution < -0.4 is 0 Å². The van der Waals surface area contributed by atoms with Crippen molar-refractivity contribution >= 4 is 23.4 Å². The van der Waals surface area contributed by atoms with Crippen molar-refractivity contribution in [2.24, 2.45) is 0 Å². The van der Waals surface area contributed by atoms with Gasteiger partial charge in [-0.2, -0.15) is 0 Å². The Labute approximate surface area is 121 Å². The molecule has 0 amide bonds. The summed E-state index contributed by atoms with van der Waals surface area (Å²) >= 11 is 7.57. The first kappa shape index (κ1) is 14.3. The van der Waals surface area contributed by atoms with E-state index in [1.54, 1.807) is 17.8 Å². The van der Waals surface area contributed by atoms with Gasteiger partial charge in [0.2, 0.25) is 0 Å². The molecule has 0 atom stereocenters. The highest BCUT2D eigenvalue weighted by Crippen LogP contribution is 2.26. The SMILES string of the molecule is CCCn1c(C)nnc1SCc1ccc(F)cc1Cl. The van der Waals surface area contributed by atoms with Gasteiger partial charge >= 0.3 is 0 Å². The normalized spacial score (nSPS) is 10.9. The third-order valence-electron chi connectivity index (χ3n) is 2.72. The Hall–Kier alpha value is -1.07. The van der Waals surface area contributed by atoms with Crippen LogP contribution in [-0.2, 0) is 12.3 Å². The minimum absolute atomic E-state index is 0.316. The minimum Gasteiger partial charge on any atom is -0.306 e. The summed E-state index contributed by atoms with van der Waals surface area (Å²) in [6.07, 6.45) is 1.03. The van der Waals surface area contributed by atoms with E-state index in [1.807, 2.05) is 6.92 Å². The predicted molar refractivity (Wildman–Crippen MR) is 76.0 cm³/mol. The quantitative estimate of drug-likeness (QED) is 0.779. The Morgan fingerprint density at radius 3 is 2.84 bits per heavy atom. The maximum atomic E-state index is 13.0. The number of hydrogen-bond acceptors (Lipinski definition) is 3. The van der Waals surface area contributed by atoms with Crippen LogP contribution in [0, 0.1) is 12.7 Å². The van der Waals surface area contributed by atoms with Crippen LogP contribution in [0.25, 0.3) is 0 Å². The van der Waals surface area contributed by atoms with Crippen molar-refractivity contribution in [3.63, 3.8) is 0 Å². The predicted octanol–water partition coefficient (Wildman–Crippen LogP) is 4.08. The van der Waals surface area contributed by atoms with E-state index in [0.717, 1.165) is 29.5 Å². The average molecular weight is 300 g/mol. The first-order valence-electron chi connectivity index (χ1n) is 6.08. The molecule has 0 N–H and O–H groups in total. The van der Waals surface area contributed by atoms with Gasteiger partial charge < -0.3 is 4.57 Å². The van der Waals surface area contributed by atoms with E-state index in [-0.39, 0.29) is 5.82 Å². The zero-order chi connectivity index (χ0) is 13.8. The molecule has 19 heavy (non-hydrogen) atoms. The molecule has 0 aliphatic rings. The number of hydrogen-bond donors (Lipinski definition) is 0. The van der Waals surface area contributed by atoms with E-state index >= 15 is 0 Å². The molecule has 3 nitrogen and oxygen atoms in total. The molecule has 0 aliphatic carbocycles. The van der Waals surface area contributed by atoms with Crippen molar-refractivity contribution in [2.75, 3.05) is 0 Å². The van der Waals surface area contributed by atoms with Crippen LogP contribution in [0.15, 0.2) is 23.4 Å². The van der Waals surface area contributed by atoms with Gasteiger partial charge in [0.05, 0.1) is 0 Å². The molecule has 2 aromatic rings. The van der Waals surface area contributed by atoms with Crippen LogP contribution in [0.4, 0.5) is 4.39 Å². The van der Waals surface area contributed by atoms with Crippen molar-refractivity contribution in [3.05, 3.63) is 40.4 Å². The summed E-state index contributed by atoms with van der Waals surface area (Å²) in [6, 6.07) is 4.46. The maximum Gasteiger partial charge on any atom is 0.191 e. The molecule has 6 heteroatoms. The van der Waals surface area contributed by atoms with E-state index in [1.165, 1.54) is 12.1 Å². The molecule has 0 spiro atoms. The largest absolute Gasteiger partial charge is 0.306 e. The van der Waals surface area contributed by atoms with Crippen molar-refractivity contribution in [1.29, 1.82) is 0 Å². The molecule has 1 heterocycles. The molecule has 102 valence electrons. The topological polar surface area (TPSA) is 30.7 Å². The lowest BCUT2D eigenvalue weighted by atomic mass is 10.2. The van der Waals surface area contributed by atoms with Gasteiger partial charge in [0.25, 0.3) is 0 Å². The van der Waals surface area contributed by atoms with Crippen molar-refractivity contribution in [1.82, 2.24) is 14.8 Å². The fraction of sp³-hybridized carbons (Fsp3) is 0.385. The summed E-state index contributed by atoms with van der Waals surface area (Å²) in [6.45, 7) is 4.96. The van der Waals surface area contributed by atoms with Gasteiger partial charge in [-0.15, -0.1) is 10.2 Å². The number of aryl methyl sites for hydroxylation is 1. The lowest BCUT2D eigenvalue weighted by Gasteiger charge is -2.07. The number of halogens is 2. The van der Waals surface area contributed by atoms with Crippen LogP contribution in [0.3, 0.4) is 0 Å². The molecule has 0 bridgehead atoms. The van der Waals surface area contributed by atoms with Crippen LogP contribution in [0.5, 0.6) is 0 Å². The zero-order valence-corrected chi connectivity index (χ0v) is 12.4. The average Bonchev–Trinajstić information content (AvgIpc) is 2.71. The summed E-state index contributed by atoms with van der Waals surface area (Å²) in [5.41, 5.74) is 0.900. The highest BCUT2D eigenvalue weighted by Gasteiger charge is 2.10. The van der Waals surface area contributed by atoms with Gasteiger partial charge in [0.1, 0.15) is 11.6 Å². The summed E-state index contributed by atoms with van der Waals surface area (Å²) in [5.74, 6) is 1.25. The molecule has 0 unspecified atom stereocenters. The molecular formula is C13H15ClFN3S. The van der Waals surface area contributed by atoms with Gasteiger partial charge in [-0.3, -0.25) is 0 Å².